The average molecular weight is 254 g/mol. The van der Waals surface area contributed by atoms with Crippen molar-refractivity contribution in [2.45, 2.75) is 6.18 Å². The second-order valence-corrected chi connectivity index (χ2v) is 5.15. The monoisotopic (exact) mass is 254 g/mol. The SMILES string of the molecule is COP(=O)(OC)c1ccc(C(F)(F)F)cc1. The number of hydrogen-bond acceptors (Lipinski definition) is 3. The Labute approximate surface area is 90.7 Å². The fourth-order valence-corrected chi connectivity index (χ4v) is 2.20. The highest BCUT2D eigenvalue weighted by Crippen LogP contribution is 2.45. The van der Waals surface area contributed by atoms with E-state index in [0.29, 0.717) is 0 Å². The molecule has 0 fully saturated rings. The van der Waals surface area contributed by atoms with Crippen molar-refractivity contribution in [3.8, 4) is 0 Å². The molecule has 1 aromatic rings. The third-order valence-electron chi connectivity index (χ3n) is 1.99. The molecule has 0 bridgehead atoms. The van der Waals surface area contributed by atoms with Crippen LogP contribution in [-0.4, -0.2) is 14.2 Å². The topological polar surface area (TPSA) is 35.5 Å². The maximum atomic E-state index is 12.2. The second-order valence-electron chi connectivity index (χ2n) is 2.91. The van der Waals surface area contributed by atoms with Gasteiger partial charge in [0, 0.05) is 14.2 Å². The van der Waals surface area contributed by atoms with Gasteiger partial charge in [-0.15, -0.1) is 0 Å². The van der Waals surface area contributed by atoms with E-state index >= 15 is 0 Å². The number of alkyl halides is 3. The fourth-order valence-electron chi connectivity index (χ4n) is 1.12. The van der Waals surface area contributed by atoms with Gasteiger partial charge in [-0.1, -0.05) is 0 Å². The molecule has 0 aliphatic carbocycles. The molecule has 1 rings (SSSR count). The van der Waals surface area contributed by atoms with Gasteiger partial charge in [0.1, 0.15) is 0 Å². The van der Waals surface area contributed by atoms with Gasteiger partial charge in [0.15, 0.2) is 0 Å². The van der Waals surface area contributed by atoms with Crippen molar-refractivity contribution in [3.63, 3.8) is 0 Å². The Morgan fingerprint density at radius 3 is 1.81 bits per heavy atom. The van der Waals surface area contributed by atoms with Crippen molar-refractivity contribution in [3.05, 3.63) is 29.8 Å². The summed E-state index contributed by atoms with van der Waals surface area (Å²) in [4.78, 5) is 0. The van der Waals surface area contributed by atoms with Gasteiger partial charge < -0.3 is 9.05 Å². The average Bonchev–Trinajstić information content (AvgIpc) is 2.27. The predicted octanol–water partition coefficient (Wildman–Crippen LogP) is 2.82. The smallest absolute Gasteiger partial charge is 0.309 e. The van der Waals surface area contributed by atoms with Gasteiger partial charge in [0.2, 0.25) is 0 Å². The van der Waals surface area contributed by atoms with Gasteiger partial charge in [0.25, 0.3) is 0 Å². The highest BCUT2D eigenvalue weighted by molar-refractivity contribution is 7.62. The standard InChI is InChI=1S/C9H10F3O3P/c1-14-16(13,15-2)8-5-3-7(4-6-8)9(10,11)12/h3-6H,1-2H3. The molecule has 0 unspecified atom stereocenters. The lowest BCUT2D eigenvalue weighted by Gasteiger charge is -2.14. The van der Waals surface area contributed by atoms with Crippen molar-refractivity contribution in [1.82, 2.24) is 0 Å². The first-order valence-electron chi connectivity index (χ1n) is 4.23. The molecule has 0 aliphatic rings. The molecule has 0 radical (unpaired) electrons. The zero-order chi connectivity index (χ0) is 12.4. The van der Waals surface area contributed by atoms with Gasteiger partial charge >= 0.3 is 13.8 Å². The molecule has 0 N–H and O–H groups in total. The first-order chi connectivity index (χ1) is 7.33. The van der Waals surface area contributed by atoms with Gasteiger partial charge in [-0.25, -0.2) is 0 Å². The first kappa shape index (κ1) is 13.2. The van der Waals surface area contributed by atoms with Crippen LogP contribution in [0.4, 0.5) is 13.2 Å². The van der Waals surface area contributed by atoms with Crippen molar-refractivity contribution in [2.24, 2.45) is 0 Å². The lowest BCUT2D eigenvalue weighted by Crippen LogP contribution is -2.11. The number of hydrogen-bond donors (Lipinski definition) is 0. The Kier molecular flexibility index (Phi) is 3.78. The lowest BCUT2D eigenvalue weighted by atomic mass is 10.2. The molecule has 0 heterocycles. The van der Waals surface area contributed by atoms with Crippen LogP contribution >= 0.6 is 7.60 Å². The molecular weight excluding hydrogens is 244 g/mol. The zero-order valence-electron chi connectivity index (χ0n) is 8.62. The first-order valence-corrected chi connectivity index (χ1v) is 5.77. The maximum Gasteiger partial charge on any atom is 0.416 e. The molecule has 90 valence electrons. The van der Waals surface area contributed by atoms with Gasteiger partial charge in [-0.3, -0.25) is 4.57 Å². The normalized spacial score (nSPS) is 12.8. The number of halogens is 3. The molecule has 0 aromatic heterocycles. The number of benzene rings is 1. The molecule has 1 aromatic carbocycles. The minimum Gasteiger partial charge on any atom is -0.309 e. The molecule has 0 saturated carbocycles. The minimum atomic E-state index is -4.41. The molecule has 7 heteroatoms. The third-order valence-corrected chi connectivity index (χ3v) is 3.88. The Morgan fingerprint density at radius 2 is 1.50 bits per heavy atom. The molecule has 0 aliphatic heterocycles. The molecule has 0 spiro atoms. The van der Waals surface area contributed by atoms with Crippen LogP contribution in [0.25, 0.3) is 0 Å². The summed E-state index contributed by atoms with van der Waals surface area (Å²) in [5.74, 6) is 0. The second kappa shape index (κ2) is 4.57. The Hall–Kier alpha value is -0.840. The van der Waals surface area contributed by atoms with Gasteiger partial charge in [-0.05, 0) is 24.3 Å². The van der Waals surface area contributed by atoms with Crippen LogP contribution in [0.1, 0.15) is 5.56 Å². The predicted molar refractivity (Wildman–Crippen MR) is 52.7 cm³/mol. The highest BCUT2D eigenvalue weighted by atomic mass is 31.2. The molecular formula is C9H10F3O3P. The van der Waals surface area contributed by atoms with Crippen molar-refractivity contribution >= 4 is 12.9 Å². The van der Waals surface area contributed by atoms with E-state index in [2.05, 4.69) is 9.05 Å². The van der Waals surface area contributed by atoms with Crippen molar-refractivity contribution in [1.29, 1.82) is 0 Å². The summed E-state index contributed by atoms with van der Waals surface area (Å²) in [5, 5.41) is 0.0884. The van der Waals surface area contributed by atoms with E-state index < -0.39 is 19.3 Å². The Bertz CT molecular complexity index is 391. The summed E-state index contributed by atoms with van der Waals surface area (Å²) < 4.78 is 57.8. The Balaban J connectivity index is 3.09. The molecule has 16 heavy (non-hydrogen) atoms. The van der Waals surface area contributed by atoms with E-state index in [-0.39, 0.29) is 5.30 Å². The zero-order valence-corrected chi connectivity index (χ0v) is 9.51. The van der Waals surface area contributed by atoms with E-state index in [1.54, 1.807) is 0 Å². The van der Waals surface area contributed by atoms with E-state index in [4.69, 9.17) is 0 Å². The summed E-state index contributed by atoms with van der Waals surface area (Å²) in [6.45, 7) is 0. The molecule has 0 atom stereocenters. The molecule has 0 amide bonds. The van der Waals surface area contributed by atoms with Crippen LogP contribution in [0.3, 0.4) is 0 Å². The van der Waals surface area contributed by atoms with Crippen LogP contribution in [0, 0.1) is 0 Å². The van der Waals surface area contributed by atoms with E-state index in [0.717, 1.165) is 24.3 Å². The van der Waals surface area contributed by atoms with Crippen LogP contribution in [-0.2, 0) is 19.8 Å². The summed E-state index contributed by atoms with van der Waals surface area (Å²) in [7, 11) is -1.14. The van der Waals surface area contributed by atoms with E-state index in [1.807, 2.05) is 0 Å². The van der Waals surface area contributed by atoms with Gasteiger partial charge in [-0.2, -0.15) is 13.2 Å². The van der Waals surface area contributed by atoms with Crippen LogP contribution < -0.4 is 5.30 Å². The largest absolute Gasteiger partial charge is 0.416 e. The van der Waals surface area contributed by atoms with Crippen LogP contribution in [0.5, 0.6) is 0 Å². The van der Waals surface area contributed by atoms with E-state index in [9.17, 15) is 17.7 Å². The fraction of sp³-hybridized carbons (Fsp3) is 0.333. The minimum absolute atomic E-state index is 0.0884. The van der Waals surface area contributed by atoms with Crippen LogP contribution in [0.2, 0.25) is 0 Å². The summed E-state index contributed by atoms with van der Waals surface area (Å²) >= 11 is 0. The van der Waals surface area contributed by atoms with E-state index in [1.165, 1.54) is 14.2 Å². The highest BCUT2D eigenvalue weighted by Gasteiger charge is 2.31. The van der Waals surface area contributed by atoms with Crippen molar-refractivity contribution < 1.29 is 26.8 Å². The summed E-state index contributed by atoms with van der Waals surface area (Å²) in [6, 6.07) is 3.83. The number of rotatable bonds is 3. The summed E-state index contributed by atoms with van der Waals surface area (Å²) in [5.41, 5.74) is -0.810. The molecule has 3 nitrogen and oxygen atoms in total. The molecule has 0 saturated heterocycles. The lowest BCUT2D eigenvalue weighted by molar-refractivity contribution is -0.137. The van der Waals surface area contributed by atoms with Gasteiger partial charge in [0.05, 0.1) is 10.9 Å². The maximum absolute atomic E-state index is 12.2. The Morgan fingerprint density at radius 1 is 1.06 bits per heavy atom. The summed E-state index contributed by atoms with van der Waals surface area (Å²) in [6.07, 6.45) is -4.41. The quantitative estimate of drug-likeness (QED) is 0.778. The van der Waals surface area contributed by atoms with Crippen molar-refractivity contribution in [2.75, 3.05) is 14.2 Å². The van der Waals surface area contributed by atoms with Crippen LogP contribution in [0.15, 0.2) is 24.3 Å². The third kappa shape index (κ3) is 2.64.